The molecular formula is C22H20N2. The van der Waals surface area contributed by atoms with Crippen LogP contribution in [0.15, 0.2) is 94.9 Å². The summed E-state index contributed by atoms with van der Waals surface area (Å²) in [6.45, 7) is 1.39. The molecule has 0 saturated heterocycles. The van der Waals surface area contributed by atoms with Crippen molar-refractivity contribution in [3.05, 3.63) is 107 Å². The molecule has 0 aromatic heterocycles. The van der Waals surface area contributed by atoms with E-state index < -0.39 is 0 Å². The van der Waals surface area contributed by atoms with Crippen molar-refractivity contribution in [3.8, 4) is 0 Å². The van der Waals surface area contributed by atoms with Crippen LogP contribution in [0, 0.1) is 0 Å². The maximum Gasteiger partial charge on any atom is 0.0639 e. The van der Waals surface area contributed by atoms with Crippen molar-refractivity contribution < 1.29 is 0 Å². The van der Waals surface area contributed by atoms with Crippen molar-refractivity contribution in [2.45, 2.75) is 13.1 Å². The molecule has 0 bridgehead atoms. The van der Waals surface area contributed by atoms with Crippen molar-refractivity contribution in [1.29, 1.82) is 0 Å². The number of rotatable bonds is 6. The summed E-state index contributed by atoms with van der Waals surface area (Å²) in [5.74, 6) is 0. The van der Waals surface area contributed by atoms with Gasteiger partial charge in [-0.15, -0.1) is 0 Å². The van der Waals surface area contributed by atoms with Crippen molar-refractivity contribution in [2.24, 2.45) is 9.98 Å². The van der Waals surface area contributed by atoms with Crippen molar-refractivity contribution in [3.63, 3.8) is 0 Å². The molecule has 2 heteroatoms. The van der Waals surface area contributed by atoms with Gasteiger partial charge in [-0.3, -0.25) is 9.98 Å². The minimum atomic E-state index is 0.697. The molecular weight excluding hydrogens is 292 g/mol. The molecule has 2 nitrogen and oxygen atoms in total. The SMILES string of the molecule is C(=NCc1ccc(CN=Cc2ccccc2)cc1)c1ccccc1. The first-order valence-electron chi connectivity index (χ1n) is 8.08. The fraction of sp³-hybridized carbons (Fsp3) is 0.0909. The van der Waals surface area contributed by atoms with E-state index in [1.165, 1.54) is 11.1 Å². The van der Waals surface area contributed by atoms with Gasteiger partial charge in [-0.25, -0.2) is 0 Å². The van der Waals surface area contributed by atoms with Crippen molar-refractivity contribution >= 4 is 12.4 Å². The molecule has 0 aliphatic heterocycles. The molecule has 0 saturated carbocycles. The molecule has 0 atom stereocenters. The summed E-state index contributed by atoms with van der Waals surface area (Å²) in [7, 11) is 0. The largest absolute Gasteiger partial charge is 0.288 e. The van der Waals surface area contributed by atoms with Gasteiger partial charge in [0.2, 0.25) is 0 Å². The molecule has 0 aliphatic rings. The minimum absolute atomic E-state index is 0.697. The predicted molar refractivity (Wildman–Crippen MR) is 102 cm³/mol. The molecule has 3 rings (SSSR count). The molecule has 24 heavy (non-hydrogen) atoms. The Hall–Kier alpha value is -3.00. The topological polar surface area (TPSA) is 24.7 Å². The lowest BCUT2D eigenvalue weighted by Gasteiger charge is -2.00. The van der Waals surface area contributed by atoms with Crippen LogP contribution < -0.4 is 0 Å². The lowest BCUT2D eigenvalue weighted by atomic mass is 10.1. The molecule has 3 aromatic rings. The van der Waals surface area contributed by atoms with Gasteiger partial charge in [-0.2, -0.15) is 0 Å². The molecule has 0 spiro atoms. The van der Waals surface area contributed by atoms with Crippen LogP contribution in [-0.4, -0.2) is 12.4 Å². The Bertz CT molecular complexity index is 718. The normalized spacial score (nSPS) is 11.3. The standard InChI is InChI=1S/C22H20N2/c1-3-7-19(8-4-1)15-23-17-21-11-13-22(14-12-21)18-24-16-20-9-5-2-6-10-20/h1-16H,17-18H2. The molecule has 118 valence electrons. The van der Waals surface area contributed by atoms with Gasteiger partial charge < -0.3 is 0 Å². The van der Waals surface area contributed by atoms with Crippen LogP contribution in [0.1, 0.15) is 22.3 Å². The lowest BCUT2D eigenvalue weighted by Crippen LogP contribution is -1.87. The van der Waals surface area contributed by atoms with E-state index in [0.717, 1.165) is 11.1 Å². The Morgan fingerprint density at radius 1 is 0.500 bits per heavy atom. The van der Waals surface area contributed by atoms with E-state index in [2.05, 4.69) is 58.5 Å². The van der Waals surface area contributed by atoms with Gasteiger partial charge >= 0.3 is 0 Å². The van der Waals surface area contributed by atoms with Crippen molar-refractivity contribution in [1.82, 2.24) is 0 Å². The zero-order valence-corrected chi connectivity index (χ0v) is 13.5. The van der Waals surface area contributed by atoms with Crippen LogP contribution in [-0.2, 0) is 13.1 Å². The second-order valence-corrected chi connectivity index (χ2v) is 5.58. The molecule has 3 aromatic carbocycles. The van der Waals surface area contributed by atoms with E-state index in [1.807, 2.05) is 48.8 Å². The van der Waals surface area contributed by atoms with Gasteiger partial charge in [0.05, 0.1) is 13.1 Å². The Morgan fingerprint density at radius 3 is 1.25 bits per heavy atom. The first kappa shape index (κ1) is 15.9. The average Bonchev–Trinajstić information content (AvgIpc) is 2.65. The van der Waals surface area contributed by atoms with E-state index in [4.69, 9.17) is 0 Å². The summed E-state index contributed by atoms with van der Waals surface area (Å²) in [6.07, 6.45) is 3.83. The second-order valence-electron chi connectivity index (χ2n) is 5.58. The van der Waals surface area contributed by atoms with Crippen LogP contribution in [0.4, 0.5) is 0 Å². The molecule has 0 fully saturated rings. The highest BCUT2D eigenvalue weighted by Gasteiger charge is 1.93. The highest BCUT2D eigenvalue weighted by molar-refractivity contribution is 5.79. The van der Waals surface area contributed by atoms with Gasteiger partial charge in [-0.05, 0) is 22.3 Å². The number of hydrogen-bond donors (Lipinski definition) is 0. The van der Waals surface area contributed by atoms with Gasteiger partial charge in [0.25, 0.3) is 0 Å². The highest BCUT2D eigenvalue weighted by atomic mass is 14.7. The Kier molecular flexibility index (Phi) is 5.68. The Morgan fingerprint density at radius 2 is 0.875 bits per heavy atom. The van der Waals surface area contributed by atoms with Crippen LogP contribution in [0.3, 0.4) is 0 Å². The number of aliphatic imine (C=N–C) groups is 2. The van der Waals surface area contributed by atoms with Gasteiger partial charge in [0, 0.05) is 12.4 Å². The second kappa shape index (κ2) is 8.59. The van der Waals surface area contributed by atoms with Crippen LogP contribution in [0.25, 0.3) is 0 Å². The van der Waals surface area contributed by atoms with Gasteiger partial charge in [0.1, 0.15) is 0 Å². The van der Waals surface area contributed by atoms with Crippen LogP contribution in [0.2, 0.25) is 0 Å². The Labute approximate surface area is 143 Å². The van der Waals surface area contributed by atoms with E-state index in [-0.39, 0.29) is 0 Å². The van der Waals surface area contributed by atoms with Gasteiger partial charge in [0.15, 0.2) is 0 Å². The molecule has 0 radical (unpaired) electrons. The lowest BCUT2D eigenvalue weighted by molar-refractivity contribution is 1.04. The monoisotopic (exact) mass is 312 g/mol. The quantitative estimate of drug-likeness (QED) is 0.577. The third-order valence-electron chi connectivity index (χ3n) is 3.65. The Balaban J connectivity index is 1.52. The number of nitrogens with zero attached hydrogens (tertiary/aromatic N) is 2. The van der Waals surface area contributed by atoms with Crippen LogP contribution in [0.5, 0.6) is 0 Å². The first-order chi connectivity index (χ1) is 11.9. The molecule has 0 heterocycles. The third-order valence-corrected chi connectivity index (χ3v) is 3.65. The summed E-state index contributed by atoms with van der Waals surface area (Å²) in [5.41, 5.74) is 4.67. The average molecular weight is 312 g/mol. The highest BCUT2D eigenvalue weighted by Crippen LogP contribution is 2.07. The van der Waals surface area contributed by atoms with E-state index in [1.54, 1.807) is 0 Å². The summed E-state index contributed by atoms with van der Waals surface area (Å²) in [4.78, 5) is 8.98. The molecule has 0 N–H and O–H groups in total. The smallest absolute Gasteiger partial charge is 0.0639 e. The number of hydrogen-bond acceptors (Lipinski definition) is 2. The van der Waals surface area contributed by atoms with E-state index in [9.17, 15) is 0 Å². The minimum Gasteiger partial charge on any atom is -0.288 e. The molecule has 0 unspecified atom stereocenters. The summed E-state index contributed by atoms with van der Waals surface area (Å²) < 4.78 is 0. The molecule has 0 aliphatic carbocycles. The van der Waals surface area contributed by atoms with E-state index in [0.29, 0.717) is 13.1 Å². The van der Waals surface area contributed by atoms with Gasteiger partial charge in [-0.1, -0.05) is 84.9 Å². The maximum atomic E-state index is 4.49. The zero-order valence-electron chi connectivity index (χ0n) is 13.5. The number of benzene rings is 3. The fourth-order valence-electron chi connectivity index (χ4n) is 2.34. The maximum absolute atomic E-state index is 4.49. The van der Waals surface area contributed by atoms with E-state index >= 15 is 0 Å². The van der Waals surface area contributed by atoms with Crippen LogP contribution >= 0.6 is 0 Å². The fourth-order valence-corrected chi connectivity index (χ4v) is 2.34. The van der Waals surface area contributed by atoms with Crippen molar-refractivity contribution in [2.75, 3.05) is 0 Å². The summed E-state index contributed by atoms with van der Waals surface area (Å²) >= 11 is 0. The molecule has 0 amide bonds. The third kappa shape index (κ3) is 5.03. The predicted octanol–water partition coefficient (Wildman–Crippen LogP) is 4.92. The zero-order chi connectivity index (χ0) is 16.5. The summed E-state index contributed by atoms with van der Waals surface area (Å²) in [5, 5.41) is 0. The first-order valence-corrected chi connectivity index (χ1v) is 8.08. The summed E-state index contributed by atoms with van der Waals surface area (Å²) in [6, 6.07) is 28.8.